The highest BCUT2D eigenvalue weighted by atomic mass is 35.5. The lowest BCUT2D eigenvalue weighted by atomic mass is 10.1. The van der Waals surface area contributed by atoms with Gasteiger partial charge in [0.1, 0.15) is 11.4 Å². The van der Waals surface area contributed by atoms with E-state index < -0.39 is 0 Å². The molecule has 0 amide bonds. The Balaban J connectivity index is 1.93. The average Bonchev–Trinajstić information content (AvgIpc) is 2.86. The highest BCUT2D eigenvalue weighted by molar-refractivity contribution is 6.30. The van der Waals surface area contributed by atoms with E-state index in [2.05, 4.69) is 10.3 Å². The smallest absolute Gasteiger partial charge is 0.189 e. The van der Waals surface area contributed by atoms with Crippen LogP contribution in [-0.2, 0) is 24.5 Å². The van der Waals surface area contributed by atoms with Gasteiger partial charge in [0.15, 0.2) is 6.79 Å². The summed E-state index contributed by atoms with van der Waals surface area (Å²) in [5.74, 6) is 0.789. The summed E-state index contributed by atoms with van der Waals surface area (Å²) in [6.07, 6.45) is 1.69. The molecule has 100 valence electrons. The summed E-state index contributed by atoms with van der Waals surface area (Å²) < 4.78 is 12.4. The van der Waals surface area contributed by atoms with Crippen molar-refractivity contribution < 1.29 is 14.6 Å². The molecule has 0 radical (unpaired) electrons. The summed E-state index contributed by atoms with van der Waals surface area (Å²) in [5, 5.41) is 17.4. The number of aliphatic hydroxyl groups is 1. The molecule has 0 unspecified atom stereocenters. The molecule has 1 aliphatic heterocycles. The highest BCUT2D eigenvalue weighted by Crippen LogP contribution is 2.31. The van der Waals surface area contributed by atoms with Gasteiger partial charge in [-0.05, 0) is 12.1 Å². The molecule has 1 aromatic heterocycles. The van der Waals surface area contributed by atoms with Crippen LogP contribution in [0.2, 0.25) is 5.02 Å². The average molecular weight is 282 g/mol. The van der Waals surface area contributed by atoms with Gasteiger partial charge in [-0.3, -0.25) is 0 Å². The predicted octanol–water partition coefficient (Wildman–Crippen LogP) is 1.34. The van der Waals surface area contributed by atoms with E-state index in [0.29, 0.717) is 23.9 Å². The summed E-state index contributed by atoms with van der Waals surface area (Å²) in [6, 6.07) is 3.67. The molecule has 0 aliphatic carbocycles. The molecule has 2 aromatic rings. The van der Waals surface area contributed by atoms with E-state index in [4.69, 9.17) is 26.2 Å². The molecule has 0 saturated heterocycles. The lowest BCUT2D eigenvalue weighted by Gasteiger charge is -2.21. The minimum absolute atomic E-state index is 0.127. The maximum atomic E-state index is 8.98. The number of hydrogen-bond acceptors (Lipinski definition) is 5. The van der Waals surface area contributed by atoms with Gasteiger partial charge in [0.05, 0.1) is 26.0 Å². The molecule has 6 nitrogen and oxygen atoms in total. The number of ether oxygens (including phenoxy) is 2. The molecular weight excluding hydrogens is 270 g/mol. The first kappa shape index (κ1) is 12.4. The van der Waals surface area contributed by atoms with Crippen molar-refractivity contribution in [3.63, 3.8) is 0 Å². The van der Waals surface area contributed by atoms with Crippen molar-refractivity contribution in [2.45, 2.75) is 19.8 Å². The molecule has 0 spiro atoms. The van der Waals surface area contributed by atoms with Crippen LogP contribution in [0.15, 0.2) is 18.3 Å². The van der Waals surface area contributed by atoms with Gasteiger partial charge in [-0.15, -0.1) is 5.10 Å². The van der Waals surface area contributed by atoms with E-state index in [1.807, 2.05) is 12.1 Å². The second kappa shape index (κ2) is 5.16. The predicted molar refractivity (Wildman–Crippen MR) is 66.8 cm³/mol. The number of benzene rings is 1. The van der Waals surface area contributed by atoms with Crippen molar-refractivity contribution in [1.29, 1.82) is 0 Å². The first-order valence-electron chi connectivity index (χ1n) is 5.78. The first-order valence-corrected chi connectivity index (χ1v) is 6.16. The van der Waals surface area contributed by atoms with Crippen molar-refractivity contribution in [2.75, 3.05) is 6.79 Å². The van der Waals surface area contributed by atoms with Gasteiger partial charge in [0.25, 0.3) is 0 Å². The van der Waals surface area contributed by atoms with E-state index in [1.54, 1.807) is 10.9 Å². The van der Waals surface area contributed by atoms with E-state index >= 15 is 0 Å². The molecule has 0 saturated carbocycles. The lowest BCUT2D eigenvalue weighted by molar-refractivity contribution is -0.0171. The van der Waals surface area contributed by atoms with Gasteiger partial charge >= 0.3 is 0 Å². The molecule has 0 atom stereocenters. The maximum absolute atomic E-state index is 8.98. The van der Waals surface area contributed by atoms with Crippen molar-refractivity contribution >= 4 is 11.6 Å². The maximum Gasteiger partial charge on any atom is 0.189 e. The fraction of sp³-hybridized carbons (Fsp3) is 0.333. The third-order valence-corrected chi connectivity index (χ3v) is 3.05. The Morgan fingerprint density at radius 1 is 1.42 bits per heavy atom. The standard InChI is InChI=1S/C12H12ClN3O3/c13-10-1-8(3-16-4-11(5-17)14-15-16)12-9(2-10)6-18-7-19-12/h1-2,4,17H,3,5-7H2. The lowest BCUT2D eigenvalue weighted by Crippen LogP contribution is -2.14. The molecule has 0 fully saturated rings. The Labute approximate surface area is 114 Å². The van der Waals surface area contributed by atoms with Crippen LogP contribution < -0.4 is 4.74 Å². The van der Waals surface area contributed by atoms with E-state index in [0.717, 1.165) is 16.9 Å². The van der Waals surface area contributed by atoms with Crippen LogP contribution in [0.1, 0.15) is 16.8 Å². The Kier molecular flexibility index (Phi) is 3.37. The summed E-state index contributed by atoms with van der Waals surface area (Å²) in [6.45, 7) is 1.08. The van der Waals surface area contributed by atoms with Crippen LogP contribution in [-0.4, -0.2) is 26.9 Å². The van der Waals surface area contributed by atoms with Gasteiger partial charge in [0, 0.05) is 16.1 Å². The highest BCUT2D eigenvalue weighted by Gasteiger charge is 2.17. The quantitative estimate of drug-likeness (QED) is 0.919. The van der Waals surface area contributed by atoms with Gasteiger partial charge in [-0.25, -0.2) is 4.68 Å². The minimum Gasteiger partial charge on any atom is -0.467 e. The van der Waals surface area contributed by atoms with Crippen LogP contribution in [0.4, 0.5) is 0 Å². The zero-order chi connectivity index (χ0) is 13.2. The van der Waals surface area contributed by atoms with E-state index in [-0.39, 0.29) is 13.4 Å². The third-order valence-electron chi connectivity index (χ3n) is 2.83. The van der Waals surface area contributed by atoms with Crippen molar-refractivity contribution in [3.05, 3.63) is 40.2 Å². The van der Waals surface area contributed by atoms with E-state index in [9.17, 15) is 0 Å². The van der Waals surface area contributed by atoms with Crippen molar-refractivity contribution in [1.82, 2.24) is 15.0 Å². The summed E-state index contributed by atoms with van der Waals surface area (Å²) in [4.78, 5) is 0. The van der Waals surface area contributed by atoms with Crippen LogP contribution in [0.3, 0.4) is 0 Å². The van der Waals surface area contributed by atoms with Crippen LogP contribution in [0, 0.1) is 0 Å². The zero-order valence-electron chi connectivity index (χ0n) is 10.0. The summed E-state index contributed by atoms with van der Waals surface area (Å²) in [7, 11) is 0. The van der Waals surface area contributed by atoms with Gasteiger partial charge in [-0.2, -0.15) is 0 Å². The molecule has 1 N–H and O–H groups in total. The molecule has 1 aromatic carbocycles. The second-order valence-electron chi connectivity index (χ2n) is 4.23. The molecule has 1 aliphatic rings. The monoisotopic (exact) mass is 281 g/mol. The molecule has 2 heterocycles. The topological polar surface area (TPSA) is 69.4 Å². The largest absolute Gasteiger partial charge is 0.467 e. The Hall–Kier alpha value is -1.63. The molecule has 19 heavy (non-hydrogen) atoms. The van der Waals surface area contributed by atoms with Crippen LogP contribution in [0.25, 0.3) is 0 Å². The van der Waals surface area contributed by atoms with E-state index in [1.165, 1.54) is 0 Å². The number of rotatable bonds is 3. The van der Waals surface area contributed by atoms with Gasteiger partial charge < -0.3 is 14.6 Å². The number of halogens is 1. The van der Waals surface area contributed by atoms with Gasteiger partial charge in [-0.1, -0.05) is 16.8 Å². The number of nitrogens with zero attached hydrogens (tertiary/aromatic N) is 3. The zero-order valence-corrected chi connectivity index (χ0v) is 10.8. The fourth-order valence-corrected chi connectivity index (χ4v) is 2.30. The number of aromatic nitrogens is 3. The van der Waals surface area contributed by atoms with Gasteiger partial charge in [0.2, 0.25) is 0 Å². The molecular formula is C12H12ClN3O3. The molecule has 7 heteroatoms. The second-order valence-corrected chi connectivity index (χ2v) is 4.67. The molecule has 3 rings (SSSR count). The Morgan fingerprint density at radius 2 is 2.32 bits per heavy atom. The fourth-order valence-electron chi connectivity index (χ4n) is 2.04. The number of aliphatic hydroxyl groups excluding tert-OH is 1. The first-order chi connectivity index (χ1) is 9.26. The SMILES string of the molecule is OCc1cn(Cc2cc(Cl)cc3c2OCOC3)nn1. The summed E-state index contributed by atoms with van der Waals surface area (Å²) >= 11 is 6.08. The Morgan fingerprint density at radius 3 is 3.11 bits per heavy atom. The number of hydrogen-bond donors (Lipinski definition) is 1. The van der Waals surface area contributed by atoms with Crippen LogP contribution in [0.5, 0.6) is 5.75 Å². The Bertz CT molecular complexity index is 600. The molecule has 0 bridgehead atoms. The minimum atomic E-state index is -0.127. The van der Waals surface area contributed by atoms with Crippen molar-refractivity contribution in [2.24, 2.45) is 0 Å². The number of fused-ring (bicyclic) bond motifs is 1. The summed E-state index contributed by atoms with van der Waals surface area (Å²) in [5.41, 5.74) is 2.37. The normalized spacial score (nSPS) is 14.0. The third kappa shape index (κ3) is 2.56. The van der Waals surface area contributed by atoms with Crippen molar-refractivity contribution in [3.8, 4) is 5.75 Å². The van der Waals surface area contributed by atoms with Crippen LogP contribution >= 0.6 is 11.6 Å².